The van der Waals surface area contributed by atoms with Crippen molar-refractivity contribution in [2.75, 3.05) is 18.4 Å². The molecule has 0 saturated carbocycles. The van der Waals surface area contributed by atoms with E-state index in [1.165, 1.54) is 12.8 Å². The Kier molecular flexibility index (Phi) is 6.09. The van der Waals surface area contributed by atoms with Crippen molar-refractivity contribution in [1.29, 1.82) is 0 Å². The Bertz CT molecular complexity index is 1840. The first kappa shape index (κ1) is 24.2. The third-order valence-electron chi connectivity index (χ3n) is 7.53. The summed E-state index contributed by atoms with van der Waals surface area (Å²) in [6, 6.07) is 10.3. The number of aromatic amines is 2. The molecule has 4 N–H and O–H groups in total. The third-order valence-corrected chi connectivity index (χ3v) is 7.53. The number of allylic oxidation sites excluding steroid dienone is 1. The van der Waals surface area contributed by atoms with Gasteiger partial charge in [0.05, 0.1) is 35.1 Å². The minimum Gasteiger partial charge on any atom is -0.358 e. The molecule has 1 saturated heterocycles. The molecule has 0 radical (unpaired) electrons. The Morgan fingerprint density at radius 1 is 1.10 bits per heavy atom. The molecule has 5 aromatic heterocycles. The summed E-state index contributed by atoms with van der Waals surface area (Å²) in [5.74, 6) is 1.32. The van der Waals surface area contributed by atoms with Gasteiger partial charge in [0.25, 0.3) is 0 Å². The lowest BCUT2D eigenvalue weighted by atomic mass is 9.93. The molecular formula is C30H30N10. The van der Waals surface area contributed by atoms with Crippen molar-refractivity contribution in [3.05, 3.63) is 79.4 Å². The van der Waals surface area contributed by atoms with Crippen molar-refractivity contribution in [3.8, 4) is 28.3 Å². The molecule has 7 rings (SSSR count). The first-order chi connectivity index (χ1) is 19.6. The van der Waals surface area contributed by atoms with Crippen LogP contribution in [0.2, 0.25) is 0 Å². The van der Waals surface area contributed by atoms with Crippen LogP contribution in [0.4, 0.5) is 5.69 Å². The summed E-state index contributed by atoms with van der Waals surface area (Å²) >= 11 is 0. The van der Waals surface area contributed by atoms with Gasteiger partial charge in [-0.1, -0.05) is 12.6 Å². The summed E-state index contributed by atoms with van der Waals surface area (Å²) in [4.78, 5) is 21.6. The van der Waals surface area contributed by atoms with Crippen molar-refractivity contribution < 1.29 is 0 Å². The average molecular weight is 531 g/mol. The number of H-pyrrole nitrogens is 2. The van der Waals surface area contributed by atoms with Crippen LogP contribution in [0.1, 0.15) is 25.0 Å². The van der Waals surface area contributed by atoms with E-state index in [0.29, 0.717) is 17.4 Å². The number of imidazole rings is 2. The molecule has 6 heterocycles. The molecule has 0 bridgehead atoms. The van der Waals surface area contributed by atoms with Crippen LogP contribution in [-0.4, -0.2) is 52.8 Å². The van der Waals surface area contributed by atoms with Gasteiger partial charge in [0.2, 0.25) is 0 Å². The van der Waals surface area contributed by atoms with Gasteiger partial charge in [-0.3, -0.25) is 10.1 Å². The number of piperidine rings is 1. The number of aromatic nitrogens is 8. The van der Waals surface area contributed by atoms with Gasteiger partial charge in [0.1, 0.15) is 11.2 Å². The minimum absolute atomic E-state index is 0.624. The average Bonchev–Trinajstić information content (AvgIpc) is 3.71. The fourth-order valence-electron chi connectivity index (χ4n) is 5.51. The second-order valence-corrected chi connectivity index (χ2v) is 10.5. The van der Waals surface area contributed by atoms with Crippen LogP contribution in [0.25, 0.3) is 50.4 Å². The molecule has 40 heavy (non-hydrogen) atoms. The maximum atomic E-state index is 4.78. The van der Waals surface area contributed by atoms with E-state index in [2.05, 4.69) is 65.5 Å². The van der Waals surface area contributed by atoms with E-state index in [1.54, 1.807) is 12.5 Å². The Morgan fingerprint density at radius 3 is 2.85 bits per heavy atom. The molecule has 0 aliphatic carbocycles. The zero-order chi connectivity index (χ0) is 27.1. The van der Waals surface area contributed by atoms with Crippen LogP contribution in [0.5, 0.6) is 0 Å². The molecule has 1 aromatic carbocycles. The van der Waals surface area contributed by atoms with Gasteiger partial charge in [-0.05, 0) is 75.0 Å². The van der Waals surface area contributed by atoms with E-state index < -0.39 is 0 Å². The van der Waals surface area contributed by atoms with Gasteiger partial charge in [-0.15, -0.1) is 0 Å². The largest absolute Gasteiger partial charge is 0.358 e. The fourth-order valence-corrected chi connectivity index (χ4v) is 5.51. The normalized spacial score (nSPS) is 14.2. The van der Waals surface area contributed by atoms with E-state index in [-0.39, 0.29) is 0 Å². The number of benzene rings is 1. The second-order valence-electron chi connectivity index (χ2n) is 10.5. The van der Waals surface area contributed by atoms with Gasteiger partial charge in [-0.2, -0.15) is 5.10 Å². The smallest absolute Gasteiger partial charge is 0.180 e. The monoisotopic (exact) mass is 530 g/mol. The van der Waals surface area contributed by atoms with Crippen LogP contribution in [-0.2, 0) is 0 Å². The maximum Gasteiger partial charge on any atom is 0.180 e. The number of nitrogens with zero attached hydrogens (tertiary/aromatic N) is 6. The number of nitrogens with one attached hydrogen (secondary N) is 4. The van der Waals surface area contributed by atoms with Crippen LogP contribution in [0.3, 0.4) is 0 Å². The number of anilines is 1. The quantitative estimate of drug-likeness (QED) is 0.219. The molecule has 0 spiro atoms. The highest BCUT2D eigenvalue weighted by Crippen LogP contribution is 2.32. The van der Waals surface area contributed by atoms with Crippen molar-refractivity contribution >= 4 is 27.8 Å². The highest BCUT2D eigenvalue weighted by molar-refractivity contribution is 5.96. The highest BCUT2D eigenvalue weighted by Gasteiger charge is 2.17. The van der Waals surface area contributed by atoms with Gasteiger partial charge < -0.3 is 20.2 Å². The number of rotatable bonds is 7. The first-order valence-corrected chi connectivity index (χ1v) is 13.6. The Morgan fingerprint density at radius 2 is 2.00 bits per heavy atom. The summed E-state index contributed by atoms with van der Waals surface area (Å²) in [6.07, 6.45) is 12.6. The number of hydrogen-bond donors (Lipinski definition) is 4. The number of pyridine rings is 2. The number of fused-ring (bicyclic) bond motifs is 2. The predicted octanol–water partition coefficient (Wildman–Crippen LogP) is 5.37. The van der Waals surface area contributed by atoms with E-state index in [9.17, 15) is 0 Å². The molecule has 1 fully saturated rings. The molecule has 0 unspecified atom stereocenters. The number of aryl methyl sites for hydroxylation is 1. The minimum atomic E-state index is 0.624. The number of hydrogen-bond acceptors (Lipinski definition) is 7. The Hall–Kier alpha value is -4.83. The summed E-state index contributed by atoms with van der Waals surface area (Å²) < 4.78 is 1.97. The summed E-state index contributed by atoms with van der Waals surface area (Å²) in [6.45, 7) is 8.42. The van der Waals surface area contributed by atoms with Crippen molar-refractivity contribution in [2.45, 2.75) is 26.2 Å². The molecule has 6 aromatic rings. The molecule has 0 atom stereocenters. The first-order valence-electron chi connectivity index (χ1n) is 13.6. The van der Waals surface area contributed by atoms with Gasteiger partial charge in [0.15, 0.2) is 11.5 Å². The van der Waals surface area contributed by atoms with Gasteiger partial charge in [-0.25, -0.2) is 15.0 Å². The summed E-state index contributed by atoms with van der Waals surface area (Å²) in [7, 11) is 0. The van der Waals surface area contributed by atoms with Crippen molar-refractivity contribution in [2.24, 2.45) is 5.92 Å². The Labute approximate surface area is 231 Å². The SMILES string of the molecule is C=C(CC1CCNCC1)Nc1cncc(-c2ccc3[nH]nc(-c4nc5nccc(-n6cnc(C)c6)c5[nH]4)c3c2)c1. The molecule has 200 valence electrons. The van der Waals surface area contributed by atoms with Gasteiger partial charge in [0, 0.05) is 35.2 Å². The van der Waals surface area contributed by atoms with Gasteiger partial charge >= 0.3 is 0 Å². The molecule has 1 aliphatic heterocycles. The second kappa shape index (κ2) is 10.0. The lowest BCUT2D eigenvalue weighted by Gasteiger charge is -2.23. The predicted molar refractivity (Wildman–Crippen MR) is 157 cm³/mol. The zero-order valence-electron chi connectivity index (χ0n) is 22.3. The molecular weight excluding hydrogens is 500 g/mol. The lowest BCUT2D eigenvalue weighted by molar-refractivity contribution is 0.373. The van der Waals surface area contributed by atoms with Crippen molar-refractivity contribution in [3.63, 3.8) is 0 Å². The highest BCUT2D eigenvalue weighted by atomic mass is 15.1. The van der Waals surface area contributed by atoms with E-state index in [0.717, 1.165) is 75.5 Å². The van der Waals surface area contributed by atoms with E-state index in [4.69, 9.17) is 4.98 Å². The van der Waals surface area contributed by atoms with Crippen LogP contribution >= 0.6 is 0 Å². The third kappa shape index (κ3) is 4.62. The topological polar surface area (TPSA) is 125 Å². The van der Waals surface area contributed by atoms with E-state index >= 15 is 0 Å². The van der Waals surface area contributed by atoms with Crippen LogP contribution < -0.4 is 10.6 Å². The molecule has 10 nitrogen and oxygen atoms in total. The van der Waals surface area contributed by atoms with E-state index in [1.807, 2.05) is 42.2 Å². The Balaban J connectivity index is 1.19. The molecule has 0 amide bonds. The fraction of sp³-hybridized carbons (Fsp3) is 0.233. The molecule has 10 heteroatoms. The van der Waals surface area contributed by atoms with Crippen LogP contribution in [0, 0.1) is 12.8 Å². The lowest BCUT2D eigenvalue weighted by Crippen LogP contribution is -2.28. The summed E-state index contributed by atoms with van der Waals surface area (Å²) in [5.41, 5.74) is 9.01. The molecule has 1 aliphatic rings. The van der Waals surface area contributed by atoms with Crippen molar-refractivity contribution in [1.82, 2.24) is 45.0 Å². The zero-order valence-corrected chi connectivity index (χ0v) is 22.3. The maximum absolute atomic E-state index is 4.78. The summed E-state index contributed by atoms with van der Waals surface area (Å²) in [5, 5.41) is 15.6. The standard InChI is InChI=1S/C30H30N10/c1-18(11-20-5-8-31-9-6-20)35-23-12-22(14-32-15-23)21-3-4-25-24(13-21)27(39-38-25)30-36-28-26(7-10-33-29(28)37-30)40-16-19(2)34-17-40/h3-4,7,10,12-17,20,31,35H,1,5-6,8-9,11H2,2H3,(H,38,39)(H,33,36,37). The van der Waals surface area contributed by atoms with Crippen LogP contribution in [0.15, 0.2) is 73.7 Å².